The Labute approximate surface area is 166 Å². The fraction of sp³-hybridized carbons (Fsp3) is 0.167. The van der Waals surface area contributed by atoms with Gasteiger partial charge in [-0.1, -0.05) is 29.3 Å². The molecule has 0 fully saturated rings. The molecule has 3 aromatic rings. The predicted molar refractivity (Wildman–Crippen MR) is 104 cm³/mol. The third-order valence-corrected chi connectivity index (χ3v) is 6.08. The number of nitrogens with zero attached hydrogens (tertiary/aromatic N) is 2. The summed E-state index contributed by atoms with van der Waals surface area (Å²) < 4.78 is 43.4. The number of halogens is 3. The largest absolute Gasteiger partial charge is 0.276 e. The zero-order chi connectivity index (χ0) is 19.8. The molecule has 0 aliphatic rings. The molecule has 0 saturated carbocycles. The highest BCUT2D eigenvalue weighted by molar-refractivity contribution is 7.92. The molecule has 0 radical (unpaired) electrons. The van der Waals surface area contributed by atoms with Gasteiger partial charge in [0.05, 0.1) is 28.5 Å². The van der Waals surface area contributed by atoms with Crippen LogP contribution in [0, 0.1) is 19.7 Å². The number of rotatable bonds is 5. The van der Waals surface area contributed by atoms with E-state index in [1.165, 1.54) is 41.1 Å². The van der Waals surface area contributed by atoms with Crippen molar-refractivity contribution in [2.75, 3.05) is 4.72 Å². The van der Waals surface area contributed by atoms with Crippen LogP contribution in [0.3, 0.4) is 0 Å². The first-order valence-electron chi connectivity index (χ1n) is 7.94. The minimum Gasteiger partial charge on any atom is -0.276 e. The van der Waals surface area contributed by atoms with E-state index < -0.39 is 15.8 Å². The lowest BCUT2D eigenvalue weighted by Gasteiger charge is -2.10. The molecular weight excluding hydrogens is 412 g/mol. The molecule has 0 atom stereocenters. The summed E-state index contributed by atoms with van der Waals surface area (Å²) >= 11 is 11.9. The van der Waals surface area contributed by atoms with E-state index in [1.54, 1.807) is 19.9 Å². The Bertz CT molecular complexity index is 1080. The van der Waals surface area contributed by atoms with Crippen molar-refractivity contribution in [1.82, 2.24) is 9.78 Å². The third-order valence-electron chi connectivity index (χ3n) is 4.11. The summed E-state index contributed by atoms with van der Waals surface area (Å²) in [5.74, 6) is -0.446. The Balaban J connectivity index is 1.93. The number of hydrogen-bond donors (Lipinski definition) is 1. The van der Waals surface area contributed by atoms with Gasteiger partial charge in [0.25, 0.3) is 10.0 Å². The number of anilines is 1. The summed E-state index contributed by atoms with van der Waals surface area (Å²) in [5, 5.41) is 5.05. The molecule has 5 nitrogen and oxygen atoms in total. The molecule has 0 amide bonds. The molecule has 0 unspecified atom stereocenters. The van der Waals surface area contributed by atoms with Crippen LogP contribution in [-0.2, 0) is 16.6 Å². The Morgan fingerprint density at radius 2 is 1.78 bits per heavy atom. The topological polar surface area (TPSA) is 64.0 Å². The first-order chi connectivity index (χ1) is 12.7. The van der Waals surface area contributed by atoms with E-state index in [-0.39, 0.29) is 22.0 Å². The quantitative estimate of drug-likeness (QED) is 0.635. The van der Waals surface area contributed by atoms with Gasteiger partial charge in [-0.2, -0.15) is 5.10 Å². The Hall–Kier alpha value is -2.09. The van der Waals surface area contributed by atoms with Crippen LogP contribution in [-0.4, -0.2) is 18.2 Å². The van der Waals surface area contributed by atoms with Crippen molar-refractivity contribution in [2.45, 2.75) is 25.3 Å². The molecule has 142 valence electrons. The van der Waals surface area contributed by atoms with Gasteiger partial charge in [0.15, 0.2) is 0 Å². The zero-order valence-corrected chi connectivity index (χ0v) is 16.8. The van der Waals surface area contributed by atoms with E-state index >= 15 is 0 Å². The summed E-state index contributed by atoms with van der Waals surface area (Å²) in [6, 6.07) is 10.3. The lowest BCUT2D eigenvalue weighted by atomic mass is 10.2. The molecular formula is C18H16Cl2FN3O2S. The highest BCUT2D eigenvalue weighted by atomic mass is 35.5. The molecule has 0 aliphatic heterocycles. The number of hydrogen-bond acceptors (Lipinski definition) is 3. The minimum atomic E-state index is -3.81. The molecule has 1 N–H and O–H groups in total. The third kappa shape index (κ3) is 4.10. The van der Waals surface area contributed by atoms with Crippen molar-refractivity contribution < 1.29 is 12.8 Å². The molecule has 0 aliphatic carbocycles. The average Bonchev–Trinajstić information content (AvgIpc) is 2.86. The van der Waals surface area contributed by atoms with Gasteiger partial charge >= 0.3 is 0 Å². The lowest BCUT2D eigenvalue weighted by molar-refractivity contribution is 0.579. The van der Waals surface area contributed by atoms with Crippen molar-refractivity contribution in [1.29, 1.82) is 0 Å². The van der Waals surface area contributed by atoms with Crippen LogP contribution in [0.25, 0.3) is 0 Å². The predicted octanol–water partition coefficient (Wildman–Crippen LogP) is 4.79. The first-order valence-corrected chi connectivity index (χ1v) is 10.2. The van der Waals surface area contributed by atoms with E-state index in [2.05, 4.69) is 9.82 Å². The summed E-state index contributed by atoms with van der Waals surface area (Å²) in [6.45, 7) is 3.46. The number of sulfonamides is 1. The van der Waals surface area contributed by atoms with Crippen LogP contribution in [0.2, 0.25) is 10.0 Å². The second-order valence-corrected chi connectivity index (χ2v) is 8.49. The van der Waals surface area contributed by atoms with Gasteiger partial charge < -0.3 is 0 Å². The van der Waals surface area contributed by atoms with Crippen LogP contribution in [0.5, 0.6) is 0 Å². The van der Waals surface area contributed by atoms with E-state index in [1.807, 2.05) is 0 Å². The van der Waals surface area contributed by atoms with E-state index in [9.17, 15) is 12.8 Å². The smallest absolute Gasteiger partial charge is 0.262 e. The summed E-state index contributed by atoms with van der Waals surface area (Å²) in [5.41, 5.74) is 1.65. The standard InChI is InChI=1S/C18H16Cl2FN3O2S/c1-11-18(23-27(25,26)14-8-6-13(19)7-9-14)12(2)24(22-11)10-15-16(20)4-3-5-17(15)21/h3-9,23H,10H2,1-2H3. The van der Waals surface area contributed by atoms with Gasteiger partial charge in [-0.3, -0.25) is 9.40 Å². The van der Waals surface area contributed by atoms with Gasteiger partial charge in [-0.25, -0.2) is 12.8 Å². The fourth-order valence-electron chi connectivity index (χ4n) is 2.64. The fourth-order valence-corrected chi connectivity index (χ4v) is 4.16. The normalized spacial score (nSPS) is 11.6. The molecule has 27 heavy (non-hydrogen) atoms. The maximum atomic E-state index is 14.1. The highest BCUT2D eigenvalue weighted by Gasteiger charge is 2.21. The van der Waals surface area contributed by atoms with Crippen LogP contribution >= 0.6 is 23.2 Å². The van der Waals surface area contributed by atoms with Crippen molar-refractivity contribution >= 4 is 38.9 Å². The summed E-state index contributed by atoms with van der Waals surface area (Å²) in [6.07, 6.45) is 0. The minimum absolute atomic E-state index is 0.0793. The summed E-state index contributed by atoms with van der Waals surface area (Å²) in [4.78, 5) is 0.0793. The molecule has 3 rings (SSSR count). The summed E-state index contributed by atoms with van der Waals surface area (Å²) in [7, 11) is -3.81. The Morgan fingerprint density at radius 3 is 2.41 bits per heavy atom. The van der Waals surface area contributed by atoms with Crippen LogP contribution in [0.4, 0.5) is 10.1 Å². The van der Waals surface area contributed by atoms with Crippen LogP contribution < -0.4 is 4.72 Å². The molecule has 2 aromatic carbocycles. The lowest BCUT2D eigenvalue weighted by Crippen LogP contribution is -2.14. The first kappa shape index (κ1) is 19.7. The highest BCUT2D eigenvalue weighted by Crippen LogP contribution is 2.26. The van der Waals surface area contributed by atoms with Gasteiger partial charge in [-0.05, 0) is 50.2 Å². The molecule has 9 heteroatoms. The van der Waals surface area contributed by atoms with E-state index in [0.717, 1.165) is 0 Å². The van der Waals surface area contributed by atoms with Crippen molar-refractivity contribution in [3.63, 3.8) is 0 Å². The Morgan fingerprint density at radius 1 is 1.11 bits per heavy atom. The van der Waals surface area contributed by atoms with Gasteiger partial charge in [0.1, 0.15) is 5.82 Å². The number of benzene rings is 2. The van der Waals surface area contributed by atoms with Crippen molar-refractivity contribution in [3.8, 4) is 0 Å². The second-order valence-electron chi connectivity index (χ2n) is 5.96. The second kappa shape index (κ2) is 7.50. The SMILES string of the molecule is Cc1nn(Cc2c(F)cccc2Cl)c(C)c1NS(=O)(=O)c1ccc(Cl)cc1. The van der Waals surface area contributed by atoms with Crippen LogP contribution in [0.1, 0.15) is 17.0 Å². The monoisotopic (exact) mass is 427 g/mol. The molecule has 0 spiro atoms. The van der Waals surface area contributed by atoms with Gasteiger partial charge in [0, 0.05) is 15.6 Å². The van der Waals surface area contributed by atoms with Crippen molar-refractivity contribution in [3.05, 3.63) is 75.3 Å². The number of aromatic nitrogens is 2. The van der Waals surface area contributed by atoms with Gasteiger partial charge in [-0.15, -0.1) is 0 Å². The van der Waals surface area contributed by atoms with Gasteiger partial charge in [0.2, 0.25) is 0 Å². The zero-order valence-electron chi connectivity index (χ0n) is 14.5. The molecule has 0 saturated heterocycles. The Kier molecular flexibility index (Phi) is 5.46. The van der Waals surface area contributed by atoms with E-state index in [0.29, 0.717) is 22.1 Å². The maximum absolute atomic E-state index is 14.1. The molecule has 1 heterocycles. The molecule has 0 bridgehead atoms. The van der Waals surface area contributed by atoms with E-state index in [4.69, 9.17) is 23.2 Å². The maximum Gasteiger partial charge on any atom is 0.262 e. The van der Waals surface area contributed by atoms with Crippen LogP contribution in [0.15, 0.2) is 47.4 Å². The number of aryl methyl sites for hydroxylation is 1. The molecule has 1 aromatic heterocycles. The van der Waals surface area contributed by atoms with Crippen molar-refractivity contribution in [2.24, 2.45) is 0 Å². The average molecular weight is 428 g/mol. The number of nitrogens with one attached hydrogen (secondary N) is 1.